The van der Waals surface area contributed by atoms with Crippen LogP contribution in [-0.2, 0) is 11.2 Å². The van der Waals surface area contributed by atoms with Gasteiger partial charge in [-0.25, -0.2) is 0 Å². The molecule has 3 aromatic rings. The number of nitrogens with zero attached hydrogens (tertiary/aromatic N) is 2. The van der Waals surface area contributed by atoms with Gasteiger partial charge < -0.3 is 5.32 Å². The molecule has 0 aliphatic rings. The minimum Gasteiger partial charge on any atom is -0.324 e. The van der Waals surface area contributed by atoms with Crippen molar-refractivity contribution in [2.45, 2.75) is 19.8 Å². The van der Waals surface area contributed by atoms with Gasteiger partial charge in [0.1, 0.15) is 0 Å². The number of rotatable bonds is 4. The Morgan fingerprint density at radius 3 is 2.91 bits per heavy atom. The van der Waals surface area contributed by atoms with Gasteiger partial charge in [-0.3, -0.25) is 14.8 Å². The van der Waals surface area contributed by atoms with E-state index in [0.717, 1.165) is 22.0 Å². The van der Waals surface area contributed by atoms with Crippen molar-refractivity contribution in [1.29, 1.82) is 0 Å². The zero-order chi connectivity index (χ0) is 16.2. The number of para-hydroxylation sites is 1. The summed E-state index contributed by atoms with van der Waals surface area (Å²) in [6, 6.07) is 10.0. The Hall–Kier alpha value is -2.46. The fourth-order valence-corrected chi connectivity index (χ4v) is 2.51. The molecule has 3 rings (SSSR count). The predicted octanol–water partition coefficient (Wildman–Crippen LogP) is 4.16. The number of aromatic nitrogens is 2. The average molecular weight is 326 g/mol. The van der Waals surface area contributed by atoms with Crippen LogP contribution >= 0.6 is 11.6 Å². The van der Waals surface area contributed by atoms with E-state index >= 15 is 0 Å². The molecule has 1 aromatic carbocycles. The van der Waals surface area contributed by atoms with Crippen LogP contribution in [0.2, 0.25) is 5.02 Å². The second-order valence-electron chi connectivity index (χ2n) is 5.38. The van der Waals surface area contributed by atoms with Crippen LogP contribution in [0.15, 0.2) is 48.9 Å². The maximum Gasteiger partial charge on any atom is 0.224 e. The van der Waals surface area contributed by atoms with Gasteiger partial charge in [0, 0.05) is 24.2 Å². The molecule has 0 atom stereocenters. The van der Waals surface area contributed by atoms with Crippen molar-refractivity contribution < 1.29 is 4.79 Å². The summed E-state index contributed by atoms with van der Waals surface area (Å²) in [5, 5.41) is 4.48. The van der Waals surface area contributed by atoms with E-state index in [1.807, 2.05) is 37.4 Å². The van der Waals surface area contributed by atoms with Gasteiger partial charge in [0.05, 0.1) is 22.4 Å². The van der Waals surface area contributed by atoms with E-state index in [1.165, 1.54) is 0 Å². The van der Waals surface area contributed by atoms with Gasteiger partial charge in [0.2, 0.25) is 5.91 Å². The second kappa shape index (κ2) is 6.75. The third kappa shape index (κ3) is 3.66. The first-order chi connectivity index (χ1) is 11.1. The lowest BCUT2D eigenvalue weighted by molar-refractivity contribution is -0.116. The minimum absolute atomic E-state index is 0.0645. The van der Waals surface area contributed by atoms with E-state index in [2.05, 4.69) is 21.4 Å². The van der Waals surface area contributed by atoms with Crippen LogP contribution < -0.4 is 5.32 Å². The normalized spacial score (nSPS) is 10.7. The van der Waals surface area contributed by atoms with E-state index in [0.29, 0.717) is 23.6 Å². The highest BCUT2D eigenvalue weighted by atomic mass is 35.5. The SMILES string of the molecule is Cc1c(Cl)cncc1NC(=O)CCc1cnc2ccccc2c1. The number of fused-ring (bicyclic) bond motifs is 1. The molecule has 0 aliphatic carbocycles. The van der Waals surface area contributed by atoms with Gasteiger partial charge in [-0.1, -0.05) is 29.8 Å². The molecule has 2 heterocycles. The van der Waals surface area contributed by atoms with Crippen molar-refractivity contribution in [3.63, 3.8) is 0 Å². The number of amides is 1. The molecular weight excluding hydrogens is 310 g/mol. The Labute approximate surface area is 139 Å². The molecule has 5 heteroatoms. The van der Waals surface area contributed by atoms with Gasteiger partial charge in [-0.05, 0) is 36.6 Å². The van der Waals surface area contributed by atoms with Gasteiger partial charge >= 0.3 is 0 Å². The molecule has 0 unspecified atom stereocenters. The standard InChI is InChI=1S/C18H16ClN3O/c1-12-15(19)10-20-11-17(12)22-18(23)7-6-13-8-14-4-2-3-5-16(14)21-9-13/h2-5,8-11H,6-7H2,1H3,(H,22,23). The summed E-state index contributed by atoms with van der Waals surface area (Å²) in [5.74, 6) is -0.0645. The smallest absolute Gasteiger partial charge is 0.224 e. The summed E-state index contributed by atoms with van der Waals surface area (Å²) in [4.78, 5) is 20.5. The summed E-state index contributed by atoms with van der Waals surface area (Å²) < 4.78 is 0. The van der Waals surface area contributed by atoms with Gasteiger partial charge in [0.25, 0.3) is 0 Å². The molecule has 1 amide bonds. The Balaban J connectivity index is 1.65. The Morgan fingerprint density at radius 1 is 1.22 bits per heavy atom. The van der Waals surface area contributed by atoms with Gasteiger partial charge in [-0.2, -0.15) is 0 Å². The van der Waals surface area contributed by atoms with E-state index in [-0.39, 0.29) is 5.91 Å². The Bertz CT molecular complexity index is 864. The fraction of sp³-hybridized carbons (Fsp3) is 0.167. The number of benzene rings is 1. The summed E-state index contributed by atoms with van der Waals surface area (Å²) >= 11 is 6.00. The van der Waals surface area contributed by atoms with Crippen LogP contribution in [0.25, 0.3) is 10.9 Å². The first-order valence-corrected chi connectivity index (χ1v) is 7.75. The molecule has 1 N–H and O–H groups in total. The van der Waals surface area contributed by atoms with Crippen LogP contribution in [0, 0.1) is 6.92 Å². The Morgan fingerprint density at radius 2 is 2.04 bits per heavy atom. The first-order valence-electron chi connectivity index (χ1n) is 7.37. The van der Waals surface area contributed by atoms with Crippen LogP contribution in [0.4, 0.5) is 5.69 Å². The number of carbonyl (C=O) groups is 1. The molecule has 4 nitrogen and oxygen atoms in total. The summed E-state index contributed by atoms with van der Waals surface area (Å²) in [6.07, 6.45) is 6.01. The maximum atomic E-state index is 12.1. The predicted molar refractivity (Wildman–Crippen MR) is 92.7 cm³/mol. The van der Waals surface area contributed by atoms with Gasteiger partial charge in [0.15, 0.2) is 0 Å². The molecule has 116 valence electrons. The number of carbonyl (C=O) groups excluding carboxylic acids is 1. The van der Waals surface area contributed by atoms with Crippen molar-refractivity contribution in [3.05, 3.63) is 65.1 Å². The van der Waals surface area contributed by atoms with E-state index in [9.17, 15) is 4.79 Å². The van der Waals surface area contributed by atoms with Gasteiger partial charge in [-0.15, -0.1) is 0 Å². The van der Waals surface area contributed by atoms with Crippen LogP contribution in [0.5, 0.6) is 0 Å². The highest BCUT2D eigenvalue weighted by molar-refractivity contribution is 6.31. The average Bonchev–Trinajstić information content (AvgIpc) is 2.57. The monoisotopic (exact) mass is 325 g/mol. The summed E-state index contributed by atoms with van der Waals surface area (Å²) in [5.41, 5.74) is 3.47. The molecule has 0 saturated carbocycles. The zero-order valence-corrected chi connectivity index (χ0v) is 13.5. The number of nitrogens with one attached hydrogen (secondary N) is 1. The zero-order valence-electron chi connectivity index (χ0n) is 12.7. The largest absolute Gasteiger partial charge is 0.324 e. The fourth-order valence-electron chi connectivity index (χ4n) is 2.35. The quantitative estimate of drug-likeness (QED) is 0.783. The molecule has 0 fully saturated rings. The maximum absolute atomic E-state index is 12.1. The molecule has 0 radical (unpaired) electrons. The highest BCUT2D eigenvalue weighted by Crippen LogP contribution is 2.21. The molecular formula is C18H16ClN3O. The third-order valence-corrected chi connectivity index (χ3v) is 4.10. The summed E-state index contributed by atoms with van der Waals surface area (Å²) in [6.45, 7) is 1.85. The molecule has 0 saturated heterocycles. The lowest BCUT2D eigenvalue weighted by Gasteiger charge is -2.09. The topological polar surface area (TPSA) is 54.9 Å². The molecule has 0 aliphatic heterocycles. The number of hydrogen-bond acceptors (Lipinski definition) is 3. The van der Waals surface area contributed by atoms with E-state index in [4.69, 9.17) is 11.6 Å². The van der Waals surface area contributed by atoms with Crippen LogP contribution in [0.3, 0.4) is 0 Å². The van der Waals surface area contributed by atoms with Crippen LogP contribution in [0.1, 0.15) is 17.5 Å². The first kappa shape index (κ1) is 15.4. The number of pyridine rings is 2. The van der Waals surface area contributed by atoms with Crippen molar-refractivity contribution in [3.8, 4) is 0 Å². The third-order valence-electron chi connectivity index (χ3n) is 3.72. The molecule has 2 aromatic heterocycles. The lowest BCUT2D eigenvalue weighted by atomic mass is 10.1. The Kier molecular flexibility index (Phi) is 4.53. The van der Waals surface area contributed by atoms with E-state index < -0.39 is 0 Å². The van der Waals surface area contributed by atoms with Crippen molar-refractivity contribution in [2.75, 3.05) is 5.32 Å². The highest BCUT2D eigenvalue weighted by Gasteiger charge is 2.08. The van der Waals surface area contributed by atoms with Crippen molar-refractivity contribution in [1.82, 2.24) is 9.97 Å². The lowest BCUT2D eigenvalue weighted by Crippen LogP contribution is -2.13. The van der Waals surface area contributed by atoms with Crippen molar-refractivity contribution >= 4 is 34.1 Å². The minimum atomic E-state index is -0.0645. The van der Waals surface area contributed by atoms with Crippen molar-refractivity contribution in [2.24, 2.45) is 0 Å². The molecule has 0 bridgehead atoms. The number of aryl methyl sites for hydroxylation is 1. The second-order valence-corrected chi connectivity index (χ2v) is 5.79. The van der Waals surface area contributed by atoms with Crippen LogP contribution in [-0.4, -0.2) is 15.9 Å². The molecule has 0 spiro atoms. The number of hydrogen-bond donors (Lipinski definition) is 1. The number of halogens is 1. The number of anilines is 1. The molecule has 23 heavy (non-hydrogen) atoms. The van der Waals surface area contributed by atoms with E-state index in [1.54, 1.807) is 12.4 Å². The summed E-state index contributed by atoms with van der Waals surface area (Å²) in [7, 11) is 0.